The normalized spacial score (nSPS) is 15.2. The molecule has 34 heavy (non-hydrogen) atoms. The highest BCUT2D eigenvalue weighted by Crippen LogP contribution is 2.31. The number of carbonyl (C=O) groups is 1. The fourth-order valence-electron chi connectivity index (χ4n) is 4.13. The third-order valence-electron chi connectivity index (χ3n) is 5.98. The van der Waals surface area contributed by atoms with Crippen LogP contribution in [0.5, 0.6) is 0 Å². The summed E-state index contributed by atoms with van der Waals surface area (Å²) in [5, 5.41) is 5.59. The second kappa shape index (κ2) is 8.61. The number of piperazine rings is 1. The van der Waals surface area contributed by atoms with Crippen LogP contribution in [0, 0.1) is 19.7 Å². The van der Waals surface area contributed by atoms with Gasteiger partial charge in [0.2, 0.25) is 10.0 Å². The lowest BCUT2D eigenvalue weighted by Crippen LogP contribution is -2.50. The molecule has 5 rings (SSSR count). The number of hydrogen-bond acceptors (Lipinski definition) is 5. The van der Waals surface area contributed by atoms with E-state index in [1.807, 2.05) is 48.9 Å². The largest absolute Gasteiger partial charge is 0.335 e. The second-order valence-corrected chi connectivity index (χ2v) is 11.3. The first-order valence-corrected chi connectivity index (χ1v) is 13.1. The number of carbonyl (C=O) groups excluding carboxylic acids is 1. The molecule has 0 bridgehead atoms. The molecule has 2 aromatic heterocycles. The van der Waals surface area contributed by atoms with Crippen LogP contribution in [0.15, 0.2) is 59.5 Å². The smallest absolute Gasteiger partial charge is 0.264 e. The summed E-state index contributed by atoms with van der Waals surface area (Å²) in [5.41, 5.74) is 2.92. The predicted molar refractivity (Wildman–Crippen MR) is 129 cm³/mol. The van der Waals surface area contributed by atoms with Gasteiger partial charge in [-0.3, -0.25) is 4.79 Å². The molecule has 0 aliphatic carbocycles. The molecule has 1 aliphatic rings. The Balaban J connectivity index is 1.34. The number of fused-ring (bicyclic) bond motifs is 1. The minimum absolute atomic E-state index is 0.0503. The summed E-state index contributed by atoms with van der Waals surface area (Å²) in [7, 11) is -3.73. The number of hydrogen-bond donors (Lipinski definition) is 0. The van der Waals surface area contributed by atoms with Crippen molar-refractivity contribution in [2.75, 3.05) is 26.2 Å². The highest BCUT2D eigenvalue weighted by Gasteiger charge is 2.31. The molecule has 4 aromatic rings. The fourth-order valence-corrected chi connectivity index (χ4v) is 6.70. The van der Waals surface area contributed by atoms with Gasteiger partial charge in [-0.05, 0) is 61.9 Å². The van der Waals surface area contributed by atoms with Gasteiger partial charge in [0.05, 0.1) is 21.2 Å². The van der Waals surface area contributed by atoms with E-state index in [1.165, 1.54) is 27.8 Å². The Bertz CT molecular complexity index is 1480. The third kappa shape index (κ3) is 4.02. The van der Waals surface area contributed by atoms with Crippen molar-refractivity contribution < 1.29 is 17.6 Å². The van der Waals surface area contributed by atoms with Crippen LogP contribution in [0.2, 0.25) is 0 Å². The van der Waals surface area contributed by atoms with Crippen LogP contribution in [0.3, 0.4) is 0 Å². The molecule has 0 saturated carbocycles. The first-order chi connectivity index (χ1) is 16.2. The van der Waals surface area contributed by atoms with Crippen molar-refractivity contribution in [2.24, 2.45) is 0 Å². The molecule has 2 aromatic carbocycles. The monoisotopic (exact) mass is 498 g/mol. The maximum absolute atomic E-state index is 13.2. The number of amides is 1. The number of sulfonamides is 1. The average molecular weight is 499 g/mol. The molecule has 1 aliphatic heterocycles. The molecular weight excluding hydrogens is 475 g/mol. The highest BCUT2D eigenvalue weighted by atomic mass is 32.2. The Morgan fingerprint density at radius 3 is 2.38 bits per heavy atom. The van der Waals surface area contributed by atoms with Gasteiger partial charge < -0.3 is 4.90 Å². The van der Waals surface area contributed by atoms with Gasteiger partial charge in [-0.25, -0.2) is 17.5 Å². The maximum atomic E-state index is 13.2. The summed E-state index contributed by atoms with van der Waals surface area (Å²) in [5.74, 6) is -0.603. The third-order valence-corrected chi connectivity index (χ3v) is 8.99. The van der Waals surface area contributed by atoms with E-state index in [9.17, 15) is 17.6 Å². The molecular formula is C24H23FN4O3S2. The van der Waals surface area contributed by atoms with Gasteiger partial charge in [-0.1, -0.05) is 12.1 Å². The van der Waals surface area contributed by atoms with Crippen molar-refractivity contribution in [3.63, 3.8) is 0 Å². The molecule has 0 atom stereocenters. The Hall–Kier alpha value is -3.08. The number of halogens is 1. The summed E-state index contributed by atoms with van der Waals surface area (Å²) in [4.78, 5) is 16.5. The summed E-state index contributed by atoms with van der Waals surface area (Å²) in [6, 6.07) is 14.7. The van der Waals surface area contributed by atoms with Crippen molar-refractivity contribution in [1.82, 2.24) is 19.0 Å². The number of nitrogens with zero attached hydrogens (tertiary/aromatic N) is 4. The van der Waals surface area contributed by atoms with Crippen molar-refractivity contribution in [2.45, 2.75) is 18.7 Å². The first-order valence-electron chi connectivity index (χ1n) is 10.9. The number of benzene rings is 2. The van der Waals surface area contributed by atoms with Crippen LogP contribution in [0.1, 0.15) is 20.9 Å². The van der Waals surface area contributed by atoms with Crippen LogP contribution in [0.25, 0.3) is 15.9 Å². The van der Waals surface area contributed by atoms with Gasteiger partial charge in [0.15, 0.2) is 0 Å². The topological polar surface area (TPSA) is 75.5 Å². The predicted octanol–water partition coefficient (Wildman–Crippen LogP) is 3.99. The number of aryl methyl sites for hydroxylation is 2. The Kier molecular flexibility index (Phi) is 5.75. The molecule has 176 valence electrons. The minimum Gasteiger partial charge on any atom is -0.335 e. The highest BCUT2D eigenvalue weighted by molar-refractivity contribution is 7.89. The van der Waals surface area contributed by atoms with Crippen molar-refractivity contribution in [3.05, 3.63) is 76.5 Å². The van der Waals surface area contributed by atoms with Crippen molar-refractivity contribution in [1.29, 1.82) is 0 Å². The number of rotatable bonds is 4. The minimum atomic E-state index is -3.73. The lowest BCUT2D eigenvalue weighted by atomic mass is 10.2. The molecule has 7 nitrogen and oxygen atoms in total. The molecule has 0 spiro atoms. The quantitative estimate of drug-likeness (QED) is 0.426. The zero-order valence-corrected chi connectivity index (χ0v) is 20.4. The van der Waals surface area contributed by atoms with E-state index < -0.39 is 15.8 Å². The molecule has 3 heterocycles. The summed E-state index contributed by atoms with van der Waals surface area (Å²) in [6.45, 7) is 4.90. The summed E-state index contributed by atoms with van der Waals surface area (Å²) >= 11 is 1.39. The van der Waals surface area contributed by atoms with Crippen molar-refractivity contribution >= 4 is 37.5 Å². The second-order valence-electron chi connectivity index (χ2n) is 8.32. The zero-order chi connectivity index (χ0) is 24.0. The van der Waals surface area contributed by atoms with Gasteiger partial charge in [0.1, 0.15) is 10.6 Å². The van der Waals surface area contributed by atoms with E-state index in [-0.39, 0.29) is 37.0 Å². The molecule has 10 heteroatoms. The average Bonchev–Trinajstić information content (AvgIpc) is 3.39. The molecule has 1 saturated heterocycles. The van der Waals surface area contributed by atoms with E-state index in [1.54, 1.807) is 4.90 Å². The number of thiophene rings is 1. The fraction of sp³-hybridized carbons (Fsp3) is 0.250. The van der Waals surface area contributed by atoms with E-state index in [4.69, 9.17) is 0 Å². The Labute approximate surface area is 201 Å². The van der Waals surface area contributed by atoms with Gasteiger partial charge in [0, 0.05) is 31.6 Å². The maximum Gasteiger partial charge on any atom is 0.264 e. The van der Waals surface area contributed by atoms with E-state index in [0.717, 1.165) is 39.3 Å². The van der Waals surface area contributed by atoms with Crippen LogP contribution in [-0.4, -0.2) is 59.5 Å². The standard InChI is InChI=1S/C24H23FN4O3S2/c1-16-4-3-5-19(14-16)29-24-21(17(2)26-29)15-22(33-24)23(30)27-10-12-28(13-11-27)34(31,32)20-8-6-18(25)7-9-20/h3-9,14-15H,10-13H2,1-2H3. The lowest BCUT2D eigenvalue weighted by Gasteiger charge is -2.33. The van der Waals surface area contributed by atoms with Crippen LogP contribution >= 0.6 is 11.3 Å². The molecule has 0 unspecified atom stereocenters. The van der Waals surface area contributed by atoms with E-state index in [0.29, 0.717) is 4.88 Å². The Morgan fingerprint density at radius 2 is 1.71 bits per heavy atom. The molecule has 0 radical (unpaired) electrons. The van der Waals surface area contributed by atoms with Gasteiger partial charge in [-0.2, -0.15) is 9.40 Å². The van der Waals surface area contributed by atoms with Crippen LogP contribution in [-0.2, 0) is 10.0 Å². The van der Waals surface area contributed by atoms with Gasteiger partial charge in [-0.15, -0.1) is 11.3 Å². The molecule has 0 N–H and O–H groups in total. The zero-order valence-electron chi connectivity index (χ0n) is 18.7. The molecule has 1 amide bonds. The van der Waals surface area contributed by atoms with E-state index in [2.05, 4.69) is 5.10 Å². The lowest BCUT2D eigenvalue weighted by molar-refractivity contribution is 0.0703. The Morgan fingerprint density at radius 1 is 1.00 bits per heavy atom. The van der Waals surface area contributed by atoms with E-state index >= 15 is 0 Å². The summed E-state index contributed by atoms with van der Waals surface area (Å²) < 4.78 is 42.1. The van der Waals surface area contributed by atoms with Crippen LogP contribution in [0.4, 0.5) is 4.39 Å². The van der Waals surface area contributed by atoms with Crippen molar-refractivity contribution in [3.8, 4) is 5.69 Å². The molecule has 1 fully saturated rings. The summed E-state index contributed by atoms with van der Waals surface area (Å²) in [6.07, 6.45) is 0. The van der Waals surface area contributed by atoms with Gasteiger partial charge in [0.25, 0.3) is 5.91 Å². The number of aromatic nitrogens is 2. The SMILES string of the molecule is Cc1cccc(-n2nc(C)c3cc(C(=O)N4CCN(S(=O)(=O)c5ccc(F)cc5)CC4)sc32)c1. The first kappa shape index (κ1) is 22.7. The van der Waals surface area contributed by atoms with Gasteiger partial charge >= 0.3 is 0 Å². The van der Waals surface area contributed by atoms with Crippen LogP contribution < -0.4 is 0 Å².